The van der Waals surface area contributed by atoms with Crippen LogP contribution < -0.4 is 45.3 Å². The van der Waals surface area contributed by atoms with E-state index < -0.39 is 24.5 Å². The predicted molar refractivity (Wildman–Crippen MR) is 52.2 cm³/mol. The van der Waals surface area contributed by atoms with Crippen molar-refractivity contribution >= 4 is 18.0 Å². The summed E-state index contributed by atoms with van der Waals surface area (Å²) in [5, 5.41) is 14.3. The van der Waals surface area contributed by atoms with Gasteiger partial charge < -0.3 is 25.3 Å². The number of nitrogens with one attached hydrogen (secondary N) is 2. The van der Waals surface area contributed by atoms with Gasteiger partial charge in [-0.1, -0.05) is 6.58 Å². The number of hydrogen-bond acceptors (Lipinski definition) is 5. The van der Waals surface area contributed by atoms with Gasteiger partial charge in [0.2, 0.25) is 0 Å². The molecule has 0 aromatic heterocycles. The molecule has 0 rings (SSSR count). The molecule has 0 saturated carbocycles. The topological polar surface area (TPSA) is 108 Å². The van der Waals surface area contributed by atoms with E-state index in [1.165, 1.54) is 6.92 Å². The SMILES string of the molecule is C=C(C)C(=O)OCCNC(=O)NCC(=O)[O-].[Na+]. The van der Waals surface area contributed by atoms with Gasteiger partial charge in [0.25, 0.3) is 0 Å². The molecule has 0 heterocycles. The molecule has 17 heavy (non-hydrogen) atoms. The maximum atomic E-state index is 10.9. The average Bonchev–Trinajstić information content (AvgIpc) is 2.20. The zero-order valence-corrected chi connectivity index (χ0v) is 11.9. The zero-order chi connectivity index (χ0) is 12.6. The molecule has 0 spiro atoms. The van der Waals surface area contributed by atoms with Crippen molar-refractivity contribution in [2.75, 3.05) is 19.7 Å². The summed E-state index contributed by atoms with van der Waals surface area (Å²) < 4.78 is 4.67. The number of aliphatic carboxylic acids is 1. The van der Waals surface area contributed by atoms with Gasteiger partial charge in [-0.25, -0.2) is 9.59 Å². The number of urea groups is 1. The van der Waals surface area contributed by atoms with Gasteiger partial charge in [-0.15, -0.1) is 0 Å². The average molecular weight is 252 g/mol. The molecule has 0 aromatic rings. The van der Waals surface area contributed by atoms with E-state index in [1.54, 1.807) is 0 Å². The number of rotatable bonds is 6. The van der Waals surface area contributed by atoms with Crippen molar-refractivity contribution < 1.29 is 53.8 Å². The second-order valence-electron chi connectivity index (χ2n) is 2.90. The summed E-state index contributed by atoms with van der Waals surface area (Å²) >= 11 is 0. The molecule has 0 saturated heterocycles. The van der Waals surface area contributed by atoms with Crippen LogP contribution in [-0.2, 0) is 14.3 Å². The van der Waals surface area contributed by atoms with Crippen LogP contribution in [0.15, 0.2) is 12.2 Å². The second kappa shape index (κ2) is 10.1. The molecule has 0 aliphatic heterocycles. The minimum Gasteiger partial charge on any atom is -0.548 e. The molecule has 0 aliphatic rings. The Morgan fingerprint density at radius 2 is 1.88 bits per heavy atom. The third-order valence-electron chi connectivity index (χ3n) is 1.36. The fraction of sp³-hybridized carbons (Fsp3) is 0.444. The summed E-state index contributed by atoms with van der Waals surface area (Å²) in [7, 11) is 0. The van der Waals surface area contributed by atoms with Gasteiger partial charge in [0, 0.05) is 5.57 Å². The molecular formula is C9H13N2NaO5. The first-order chi connectivity index (χ1) is 7.43. The molecular weight excluding hydrogens is 239 g/mol. The molecule has 0 bridgehead atoms. The minimum atomic E-state index is -1.39. The van der Waals surface area contributed by atoms with Crippen LogP contribution in [0.1, 0.15) is 6.92 Å². The van der Waals surface area contributed by atoms with Gasteiger partial charge in [-0.05, 0) is 6.92 Å². The van der Waals surface area contributed by atoms with Crippen molar-refractivity contribution in [3.05, 3.63) is 12.2 Å². The Morgan fingerprint density at radius 3 is 2.35 bits per heavy atom. The van der Waals surface area contributed by atoms with E-state index in [2.05, 4.69) is 16.6 Å². The van der Waals surface area contributed by atoms with Crippen molar-refractivity contribution in [1.82, 2.24) is 10.6 Å². The molecule has 2 N–H and O–H groups in total. The fourth-order valence-electron chi connectivity index (χ4n) is 0.646. The van der Waals surface area contributed by atoms with Crippen molar-refractivity contribution in [3.63, 3.8) is 0 Å². The van der Waals surface area contributed by atoms with Gasteiger partial charge in [-0.2, -0.15) is 0 Å². The second-order valence-corrected chi connectivity index (χ2v) is 2.90. The summed E-state index contributed by atoms with van der Waals surface area (Å²) in [6, 6.07) is -0.671. The van der Waals surface area contributed by atoms with E-state index in [1.807, 2.05) is 5.32 Å². The number of carbonyl (C=O) groups excluding carboxylic acids is 3. The van der Waals surface area contributed by atoms with Gasteiger partial charge >= 0.3 is 41.6 Å². The molecule has 8 heteroatoms. The molecule has 90 valence electrons. The Morgan fingerprint density at radius 1 is 1.29 bits per heavy atom. The number of amides is 2. The van der Waals surface area contributed by atoms with Crippen LogP contribution in [0.4, 0.5) is 4.79 Å². The van der Waals surface area contributed by atoms with Crippen LogP contribution in [0, 0.1) is 0 Å². The number of ether oxygens (including phenoxy) is 1. The molecule has 0 aliphatic carbocycles. The molecule has 2 amide bonds. The van der Waals surface area contributed by atoms with Crippen molar-refractivity contribution in [2.45, 2.75) is 6.92 Å². The van der Waals surface area contributed by atoms with Crippen LogP contribution in [0.3, 0.4) is 0 Å². The first-order valence-electron chi connectivity index (χ1n) is 4.47. The van der Waals surface area contributed by atoms with Crippen molar-refractivity contribution in [3.8, 4) is 0 Å². The van der Waals surface area contributed by atoms with E-state index in [0.717, 1.165) is 0 Å². The number of carboxylic acid groups (broad SMARTS) is 1. The van der Waals surface area contributed by atoms with Crippen molar-refractivity contribution in [1.29, 1.82) is 0 Å². The van der Waals surface area contributed by atoms with Gasteiger partial charge in [0.15, 0.2) is 0 Å². The summed E-state index contributed by atoms with van der Waals surface area (Å²) in [4.78, 5) is 31.7. The third kappa shape index (κ3) is 11.2. The van der Waals surface area contributed by atoms with Gasteiger partial charge in [0.1, 0.15) is 6.61 Å². The summed E-state index contributed by atoms with van der Waals surface area (Å²) in [5.41, 5.74) is 0.265. The van der Waals surface area contributed by atoms with Crippen LogP contribution in [-0.4, -0.2) is 37.7 Å². The smallest absolute Gasteiger partial charge is 0.548 e. The number of hydrogen-bond donors (Lipinski definition) is 2. The third-order valence-corrected chi connectivity index (χ3v) is 1.36. The van der Waals surface area contributed by atoms with Gasteiger partial charge in [-0.3, -0.25) is 0 Å². The van der Waals surface area contributed by atoms with Gasteiger partial charge in [0.05, 0.1) is 19.1 Å². The molecule has 0 radical (unpaired) electrons. The molecule has 0 unspecified atom stereocenters. The van der Waals surface area contributed by atoms with Crippen molar-refractivity contribution in [2.24, 2.45) is 0 Å². The Labute approximate surface area is 121 Å². The van der Waals surface area contributed by atoms with Crippen LogP contribution in [0.2, 0.25) is 0 Å². The quantitative estimate of drug-likeness (QED) is 0.213. The zero-order valence-electron chi connectivity index (χ0n) is 9.87. The largest absolute Gasteiger partial charge is 1.00 e. The van der Waals surface area contributed by atoms with E-state index in [-0.39, 0.29) is 48.3 Å². The molecule has 0 atom stereocenters. The monoisotopic (exact) mass is 252 g/mol. The number of carbonyl (C=O) groups is 3. The summed E-state index contributed by atoms with van der Waals surface area (Å²) in [6.07, 6.45) is 0. The minimum absolute atomic E-state index is 0. The van der Waals surface area contributed by atoms with E-state index in [0.29, 0.717) is 0 Å². The number of carboxylic acids is 1. The maximum Gasteiger partial charge on any atom is 1.00 e. The Hall–Kier alpha value is -1.05. The first kappa shape index (κ1) is 18.3. The normalized spacial score (nSPS) is 8.53. The Balaban J connectivity index is 0. The molecule has 7 nitrogen and oxygen atoms in total. The first-order valence-corrected chi connectivity index (χ1v) is 4.47. The molecule has 0 aromatic carbocycles. The Kier molecular flexibility index (Phi) is 10.9. The van der Waals surface area contributed by atoms with E-state index >= 15 is 0 Å². The standard InChI is InChI=1S/C9H14N2O5.Na/c1-6(2)8(14)16-4-3-10-9(15)11-5-7(12)13;/h1,3-5H2,2H3,(H,12,13)(H2,10,11,15);/q;+1/p-1. The fourth-order valence-corrected chi connectivity index (χ4v) is 0.646. The van der Waals surface area contributed by atoms with E-state index in [9.17, 15) is 19.5 Å². The molecule has 0 fully saturated rings. The Bertz CT molecular complexity index is 306. The maximum absolute atomic E-state index is 10.9. The summed E-state index contributed by atoms with van der Waals surface area (Å²) in [6.45, 7) is 4.37. The predicted octanol–water partition coefficient (Wildman–Crippen LogP) is -4.84. The van der Waals surface area contributed by atoms with Crippen LogP contribution in [0.25, 0.3) is 0 Å². The van der Waals surface area contributed by atoms with E-state index in [4.69, 9.17) is 0 Å². The van der Waals surface area contributed by atoms with Crippen LogP contribution in [0.5, 0.6) is 0 Å². The number of esters is 1. The van der Waals surface area contributed by atoms with Crippen LogP contribution >= 0.6 is 0 Å². The summed E-state index contributed by atoms with van der Waals surface area (Å²) in [5.74, 6) is -1.93.